The highest BCUT2D eigenvalue weighted by atomic mass is 35.5. The van der Waals surface area contributed by atoms with Gasteiger partial charge in [0.15, 0.2) is 15.1 Å². The zero-order chi connectivity index (χ0) is 13.5. The van der Waals surface area contributed by atoms with Gasteiger partial charge in [-0.15, -0.1) is 0 Å². The fourth-order valence-electron chi connectivity index (χ4n) is 1.82. The van der Waals surface area contributed by atoms with Crippen molar-refractivity contribution in [3.63, 3.8) is 0 Å². The quantitative estimate of drug-likeness (QED) is 0.928. The number of carboxylic acids is 1. The Bertz CT molecular complexity index is 593. The Morgan fingerprint density at radius 1 is 1.33 bits per heavy atom. The van der Waals surface area contributed by atoms with E-state index in [4.69, 9.17) is 28.3 Å². The van der Waals surface area contributed by atoms with Crippen molar-refractivity contribution in [3.8, 4) is 0 Å². The summed E-state index contributed by atoms with van der Waals surface area (Å²) in [6, 6.07) is 4.00. The van der Waals surface area contributed by atoms with Crippen LogP contribution < -0.4 is 0 Å². The van der Waals surface area contributed by atoms with Crippen molar-refractivity contribution in [3.05, 3.63) is 28.2 Å². The molecule has 0 amide bonds. The van der Waals surface area contributed by atoms with E-state index in [1.165, 1.54) is 18.2 Å². The molecule has 0 aromatic heterocycles. The molecule has 98 valence electrons. The molecule has 0 radical (unpaired) electrons. The van der Waals surface area contributed by atoms with Crippen LogP contribution in [0.1, 0.15) is 12.8 Å². The van der Waals surface area contributed by atoms with Gasteiger partial charge in [-0.25, -0.2) is 8.42 Å². The molecule has 1 fully saturated rings. The average Bonchev–Trinajstić information content (AvgIpc) is 3.05. The van der Waals surface area contributed by atoms with Crippen molar-refractivity contribution in [2.24, 2.45) is 5.92 Å². The molecular formula is C11H10Cl2O4S. The van der Waals surface area contributed by atoms with Crippen LogP contribution in [0.25, 0.3) is 0 Å². The minimum Gasteiger partial charge on any atom is -0.480 e. The fourth-order valence-corrected chi connectivity index (χ4v) is 4.44. The third-order valence-electron chi connectivity index (χ3n) is 2.83. The fraction of sp³-hybridized carbons (Fsp3) is 0.364. The van der Waals surface area contributed by atoms with E-state index in [0.717, 1.165) is 0 Å². The molecule has 1 aliphatic rings. The molecule has 1 aromatic carbocycles. The minimum atomic E-state index is -4.01. The number of sulfone groups is 1. The van der Waals surface area contributed by atoms with E-state index < -0.39 is 21.1 Å². The summed E-state index contributed by atoms with van der Waals surface area (Å²) >= 11 is 11.6. The predicted molar refractivity (Wildman–Crippen MR) is 67.8 cm³/mol. The number of rotatable bonds is 4. The highest BCUT2D eigenvalue weighted by Gasteiger charge is 2.46. The van der Waals surface area contributed by atoms with Gasteiger partial charge in [-0.3, -0.25) is 4.79 Å². The summed E-state index contributed by atoms with van der Waals surface area (Å²) in [5.74, 6) is -1.67. The van der Waals surface area contributed by atoms with E-state index in [-0.39, 0.29) is 20.9 Å². The van der Waals surface area contributed by atoms with Gasteiger partial charge in [0.05, 0.1) is 9.92 Å². The van der Waals surface area contributed by atoms with Crippen LogP contribution >= 0.6 is 23.2 Å². The number of halogens is 2. The molecule has 1 aliphatic carbocycles. The summed E-state index contributed by atoms with van der Waals surface area (Å²) in [6.07, 6.45) is 1.21. The lowest BCUT2D eigenvalue weighted by Crippen LogP contribution is -2.32. The second-order valence-corrected chi connectivity index (χ2v) is 7.10. The molecule has 18 heavy (non-hydrogen) atoms. The molecule has 1 N–H and O–H groups in total. The van der Waals surface area contributed by atoms with Gasteiger partial charge in [-0.05, 0) is 37.0 Å². The first-order valence-corrected chi connectivity index (χ1v) is 7.56. The largest absolute Gasteiger partial charge is 0.480 e. The minimum absolute atomic E-state index is 0.00806. The Kier molecular flexibility index (Phi) is 3.58. The van der Waals surface area contributed by atoms with Crippen molar-refractivity contribution in [2.75, 3.05) is 0 Å². The SMILES string of the molecule is O=C(O)C(C1CC1)S(=O)(=O)c1cc(Cl)ccc1Cl. The van der Waals surface area contributed by atoms with Crippen LogP contribution in [0.2, 0.25) is 10.0 Å². The van der Waals surface area contributed by atoms with E-state index in [9.17, 15) is 13.2 Å². The third-order valence-corrected chi connectivity index (χ3v) is 5.71. The average molecular weight is 309 g/mol. The standard InChI is InChI=1S/C11H10Cl2O4S/c12-7-3-4-8(13)9(5-7)18(16,17)10(11(14)15)6-1-2-6/h3-6,10H,1-2H2,(H,14,15). The van der Waals surface area contributed by atoms with E-state index in [1.54, 1.807) is 0 Å². The summed E-state index contributed by atoms with van der Waals surface area (Å²) in [6.45, 7) is 0. The van der Waals surface area contributed by atoms with Crippen molar-refractivity contribution in [1.82, 2.24) is 0 Å². The van der Waals surface area contributed by atoms with Crippen LogP contribution in [-0.4, -0.2) is 24.7 Å². The molecule has 0 heterocycles. The highest BCUT2D eigenvalue weighted by molar-refractivity contribution is 7.93. The lowest BCUT2D eigenvalue weighted by molar-refractivity contribution is -0.136. The molecule has 0 aliphatic heterocycles. The van der Waals surface area contributed by atoms with E-state index >= 15 is 0 Å². The van der Waals surface area contributed by atoms with Crippen LogP contribution in [-0.2, 0) is 14.6 Å². The van der Waals surface area contributed by atoms with Crippen molar-refractivity contribution >= 4 is 39.0 Å². The van der Waals surface area contributed by atoms with Crippen LogP contribution in [0.15, 0.2) is 23.1 Å². The summed E-state index contributed by atoms with van der Waals surface area (Å²) in [7, 11) is -4.01. The number of carbonyl (C=O) groups is 1. The summed E-state index contributed by atoms with van der Waals surface area (Å²) < 4.78 is 24.6. The third kappa shape index (κ3) is 2.48. The smallest absolute Gasteiger partial charge is 0.322 e. The molecular weight excluding hydrogens is 299 g/mol. The van der Waals surface area contributed by atoms with Crippen LogP contribution in [0, 0.1) is 5.92 Å². The second kappa shape index (κ2) is 4.72. The molecule has 0 saturated heterocycles. The van der Waals surface area contributed by atoms with Gasteiger partial charge < -0.3 is 5.11 Å². The number of hydrogen-bond acceptors (Lipinski definition) is 3. The van der Waals surface area contributed by atoms with Gasteiger partial charge in [-0.2, -0.15) is 0 Å². The normalized spacial score (nSPS) is 17.4. The topological polar surface area (TPSA) is 71.4 Å². The maximum atomic E-state index is 12.3. The first kappa shape index (κ1) is 13.6. The monoisotopic (exact) mass is 308 g/mol. The van der Waals surface area contributed by atoms with Gasteiger partial charge in [0, 0.05) is 5.02 Å². The summed E-state index contributed by atoms with van der Waals surface area (Å²) in [4.78, 5) is 10.9. The van der Waals surface area contributed by atoms with Crippen molar-refractivity contribution in [2.45, 2.75) is 23.0 Å². The summed E-state index contributed by atoms with van der Waals surface area (Å²) in [5.41, 5.74) is 0. The molecule has 1 aromatic rings. The highest BCUT2D eigenvalue weighted by Crippen LogP contribution is 2.40. The summed E-state index contributed by atoms with van der Waals surface area (Å²) in [5, 5.41) is 7.85. The molecule has 4 nitrogen and oxygen atoms in total. The Balaban J connectivity index is 2.52. The van der Waals surface area contributed by atoms with E-state index in [0.29, 0.717) is 12.8 Å². The van der Waals surface area contributed by atoms with Gasteiger partial charge in [-0.1, -0.05) is 23.2 Å². The number of aliphatic carboxylic acids is 1. The van der Waals surface area contributed by atoms with Gasteiger partial charge in [0.2, 0.25) is 0 Å². The Hall–Kier alpha value is -0.780. The molecule has 1 atom stereocenters. The molecule has 7 heteroatoms. The number of hydrogen-bond donors (Lipinski definition) is 1. The van der Waals surface area contributed by atoms with Crippen molar-refractivity contribution in [1.29, 1.82) is 0 Å². The van der Waals surface area contributed by atoms with Gasteiger partial charge in [0.1, 0.15) is 0 Å². The van der Waals surface area contributed by atoms with Gasteiger partial charge >= 0.3 is 5.97 Å². The first-order valence-electron chi connectivity index (χ1n) is 5.26. The Labute approximate surface area is 114 Å². The molecule has 0 bridgehead atoms. The second-order valence-electron chi connectivity index (χ2n) is 4.22. The van der Waals surface area contributed by atoms with E-state index in [2.05, 4.69) is 0 Å². The van der Waals surface area contributed by atoms with Gasteiger partial charge in [0.25, 0.3) is 0 Å². The van der Waals surface area contributed by atoms with E-state index in [1.807, 2.05) is 0 Å². The molecule has 1 saturated carbocycles. The maximum absolute atomic E-state index is 12.3. The molecule has 2 rings (SSSR count). The lowest BCUT2D eigenvalue weighted by atomic mass is 10.3. The number of benzene rings is 1. The molecule has 0 spiro atoms. The van der Waals surface area contributed by atoms with Crippen LogP contribution in [0.3, 0.4) is 0 Å². The van der Waals surface area contributed by atoms with Crippen molar-refractivity contribution < 1.29 is 18.3 Å². The van der Waals surface area contributed by atoms with Crippen LogP contribution in [0.4, 0.5) is 0 Å². The Morgan fingerprint density at radius 2 is 1.94 bits per heavy atom. The zero-order valence-corrected chi connectivity index (χ0v) is 11.5. The van der Waals surface area contributed by atoms with Crippen LogP contribution in [0.5, 0.6) is 0 Å². The lowest BCUT2D eigenvalue weighted by Gasteiger charge is -2.14. The number of carboxylic acid groups (broad SMARTS) is 1. The molecule has 1 unspecified atom stereocenters. The zero-order valence-electron chi connectivity index (χ0n) is 9.14. The first-order chi connectivity index (χ1) is 8.34. The predicted octanol–water partition coefficient (Wildman–Crippen LogP) is 2.63. The maximum Gasteiger partial charge on any atom is 0.322 e. The Morgan fingerprint density at radius 3 is 2.44 bits per heavy atom.